The molecule has 156 valence electrons. The number of hydrogen-bond donors (Lipinski definition) is 3. The van der Waals surface area contributed by atoms with Crippen molar-refractivity contribution >= 4 is 17.5 Å². The van der Waals surface area contributed by atoms with Crippen LogP contribution in [0.4, 0.5) is 27.6 Å². The van der Waals surface area contributed by atoms with Crippen molar-refractivity contribution in [2.45, 2.75) is 12.8 Å². The van der Waals surface area contributed by atoms with Gasteiger partial charge in [-0.25, -0.2) is 13.2 Å². The van der Waals surface area contributed by atoms with E-state index in [1.165, 1.54) is 6.92 Å². The van der Waals surface area contributed by atoms with Crippen LogP contribution in [0.2, 0.25) is 0 Å². The number of nitrogens with one attached hydrogen (secondary N) is 2. The van der Waals surface area contributed by atoms with Crippen LogP contribution in [-0.4, -0.2) is 30.1 Å². The highest BCUT2D eigenvalue weighted by atomic mass is 19.3. The number of carbonyl (C=O) groups excluding carboxylic acids is 2. The average molecular weight is 416 g/mol. The number of benzene rings is 2. The second-order valence-corrected chi connectivity index (χ2v) is 6.35. The fourth-order valence-electron chi connectivity index (χ4n) is 2.25. The highest BCUT2D eigenvalue weighted by Crippen LogP contribution is 2.31. The molecule has 0 radical (unpaired) electrons. The largest absolute Gasteiger partial charge is 0.396 e. The Kier molecular flexibility index (Phi) is 6.91. The molecule has 0 saturated carbocycles. The maximum Gasteiger partial charge on any atom is 0.352 e. The molecular formula is C19H17F5N2O3. The molecule has 10 heteroatoms. The second kappa shape index (κ2) is 8.99. The molecule has 0 spiro atoms. The van der Waals surface area contributed by atoms with E-state index in [0.29, 0.717) is 18.2 Å². The summed E-state index contributed by atoms with van der Waals surface area (Å²) in [5.41, 5.74) is -1.91. The van der Waals surface area contributed by atoms with Gasteiger partial charge < -0.3 is 15.7 Å². The van der Waals surface area contributed by atoms with E-state index < -0.39 is 52.2 Å². The van der Waals surface area contributed by atoms with Crippen LogP contribution >= 0.6 is 0 Å². The van der Waals surface area contributed by atoms with Crippen LogP contribution in [0.1, 0.15) is 22.8 Å². The Morgan fingerprint density at radius 3 is 2.31 bits per heavy atom. The smallest absolute Gasteiger partial charge is 0.352 e. The van der Waals surface area contributed by atoms with Gasteiger partial charge in [-0.2, -0.15) is 8.78 Å². The first kappa shape index (κ1) is 22.3. The van der Waals surface area contributed by atoms with Crippen LogP contribution in [0, 0.1) is 23.4 Å². The Balaban J connectivity index is 2.24. The molecule has 0 heterocycles. The minimum atomic E-state index is -4.29. The first-order chi connectivity index (χ1) is 13.6. The molecule has 0 aliphatic heterocycles. The number of halogens is 5. The maximum absolute atomic E-state index is 14.4. The number of aliphatic hydroxyl groups excluding tert-OH is 1. The van der Waals surface area contributed by atoms with Crippen LogP contribution in [0.3, 0.4) is 0 Å². The number of amides is 2. The molecule has 5 nitrogen and oxygen atoms in total. The van der Waals surface area contributed by atoms with Crippen molar-refractivity contribution in [2.75, 3.05) is 18.5 Å². The molecule has 0 saturated heterocycles. The van der Waals surface area contributed by atoms with Gasteiger partial charge >= 0.3 is 5.92 Å². The highest BCUT2D eigenvalue weighted by molar-refractivity contribution is 6.04. The van der Waals surface area contributed by atoms with E-state index in [0.717, 1.165) is 18.2 Å². The quantitative estimate of drug-likeness (QED) is 0.607. The second-order valence-electron chi connectivity index (χ2n) is 6.35. The summed E-state index contributed by atoms with van der Waals surface area (Å²) in [4.78, 5) is 24.0. The predicted octanol–water partition coefficient (Wildman–Crippen LogP) is 3.19. The molecule has 1 atom stereocenters. The summed E-state index contributed by atoms with van der Waals surface area (Å²) in [5, 5.41) is 12.9. The van der Waals surface area contributed by atoms with E-state index in [1.807, 2.05) is 5.32 Å². The van der Waals surface area contributed by atoms with E-state index in [-0.39, 0.29) is 18.8 Å². The van der Waals surface area contributed by atoms with Gasteiger partial charge in [0.1, 0.15) is 5.82 Å². The number of aliphatic hydroxyl groups is 1. The summed E-state index contributed by atoms with van der Waals surface area (Å²) < 4.78 is 68.9. The number of rotatable bonds is 7. The third-order valence-corrected chi connectivity index (χ3v) is 3.95. The van der Waals surface area contributed by atoms with Gasteiger partial charge in [0, 0.05) is 30.5 Å². The number of anilines is 1. The fraction of sp³-hybridized carbons (Fsp3) is 0.263. The van der Waals surface area contributed by atoms with Crippen molar-refractivity contribution < 1.29 is 36.6 Å². The van der Waals surface area contributed by atoms with Crippen molar-refractivity contribution in [3.63, 3.8) is 0 Å². The van der Waals surface area contributed by atoms with Crippen LogP contribution in [0.5, 0.6) is 0 Å². The number of carbonyl (C=O) groups is 2. The Bertz CT molecular complexity index is 921. The van der Waals surface area contributed by atoms with E-state index in [2.05, 4.69) is 5.32 Å². The third kappa shape index (κ3) is 5.29. The van der Waals surface area contributed by atoms with E-state index in [1.54, 1.807) is 0 Å². The maximum atomic E-state index is 14.4. The monoisotopic (exact) mass is 416 g/mol. The lowest BCUT2D eigenvalue weighted by atomic mass is 10.0. The van der Waals surface area contributed by atoms with Gasteiger partial charge in [-0.3, -0.25) is 9.59 Å². The van der Waals surface area contributed by atoms with Gasteiger partial charge in [-0.1, -0.05) is 6.92 Å². The van der Waals surface area contributed by atoms with Gasteiger partial charge in [0.25, 0.3) is 11.8 Å². The zero-order valence-corrected chi connectivity index (χ0v) is 15.1. The molecule has 2 rings (SSSR count). The van der Waals surface area contributed by atoms with Crippen molar-refractivity contribution in [3.8, 4) is 0 Å². The minimum Gasteiger partial charge on any atom is -0.396 e. The number of hydrogen-bond acceptors (Lipinski definition) is 3. The average Bonchev–Trinajstić information content (AvgIpc) is 2.68. The molecule has 0 fully saturated rings. The molecule has 0 aliphatic rings. The van der Waals surface area contributed by atoms with Crippen LogP contribution in [-0.2, 0) is 10.7 Å². The third-order valence-electron chi connectivity index (χ3n) is 3.95. The molecule has 2 aromatic rings. The molecule has 29 heavy (non-hydrogen) atoms. The Morgan fingerprint density at radius 1 is 1.03 bits per heavy atom. The number of alkyl halides is 2. The van der Waals surface area contributed by atoms with Gasteiger partial charge in [-0.15, -0.1) is 0 Å². The molecular weight excluding hydrogens is 399 g/mol. The van der Waals surface area contributed by atoms with E-state index in [9.17, 15) is 31.5 Å². The SMILES string of the molecule is C[C@H](CO)CNC(=O)C(F)(F)c1cc(C(=O)Nc2ccc(F)c(F)c2)ccc1F. The van der Waals surface area contributed by atoms with Crippen LogP contribution in [0.25, 0.3) is 0 Å². The lowest BCUT2D eigenvalue weighted by Gasteiger charge is -2.19. The summed E-state index contributed by atoms with van der Waals surface area (Å²) in [6.07, 6.45) is 0. The van der Waals surface area contributed by atoms with Gasteiger partial charge in [0.15, 0.2) is 11.6 Å². The van der Waals surface area contributed by atoms with Crippen molar-refractivity contribution in [3.05, 3.63) is 65.0 Å². The lowest BCUT2D eigenvalue weighted by molar-refractivity contribution is -0.147. The topological polar surface area (TPSA) is 78.4 Å². The zero-order valence-electron chi connectivity index (χ0n) is 15.1. The first-order valence-electron chi connectivity index (χ1n) is 8.39. The highest BCUT2D eigenvalue weighted by Gasteiger charge is 2.43. The molecule has 0 unspecified atom stereocenters. The predicted molar refractivity (Wildman–Crippen MR) is 93.9 cm³/mol. The van der Waals surface area contributed by atoms with Gasteiger partial charge in [0.05, 0.1) is 5.56 Å². The molecule has 2 amide bonds. The molecule has 3 N–H and O–H groups in total. The van der Waals surface area contributed by atoms with Crippen molar-refractivity contribution in [2.24, 2.45) is 5.92 Å². The zero-order chi connectivity index (χ0) is 21.8. The minimum absolute atomic E-state index is 0.151. The first-order valence-corrected chi connectivity index (χ1v) is 8.39. The standard InChI is InChI=1S/C19H17F5N2O3/c1-10(9-27)8-25-18(29)19(23,24)13-6-11(2-4-14(13)20)17(28)26-12-3-5-15(21)16(22)7-12/h2-7,10,27H,8-9H2,1H3,(H,25,29)(H,26,28)/t10-/m0/s1. The summed E-state index contributed by atoms with van der Waals surface area (Å²) >= 11 is 0. The van der Waals surface area contributed by atoms with Crippen LogP contribution in [0.15, 0.2) is 36.4 Å². The molecule has 0 bridgehead atoms. The Hall–Kier alpha value is -3.01. The summed E-state index contributed by atoms with van der Waals surface area (Å²) in [5.74, 6) is -11.4. The Labute approximate surface area is 162 Å². The molecule has 0 aliphatic carbocycles. The molecule has 2 aromatic carbocycles. The van der Waals surface area contributed by atoms with E-state index in [4.69, 9.17) is 5.11 Å². The summed E-state index contributed by atoms with van der Waals surface area (Å²) in [7, 11) is 0. The van der Waals surface area contributed by atoms with E-state index >= 15 is 0 Å². The van der Waals surface area contributed by atoms with Gasteiger partial charge in [0.2, 0.25) is 0 Å². The van der Waals surface area contributed by atoms with Crippen molar-refractivity contribution in [1.82, 2.24) is 5.32 Å². The van der Waals surface area contributed by atoms with Crippen molar-refractivity contribution in [1.29, 1.82) is 0 Å². The Morgan fingerprint density at radius 2 is 1.69 bits per heavy atom. The van der Waals surface area contributed by atoms with Crippen LogP contribution < -0.4 is 10.6 Å². The lowest BCUT2D eigenvalue weighted by Crippen LogP contribution is -2.41. The summed E-state index contributed by atoms with van der Waals surface area (Å²) in [6, 6.07) is 4.47. The van der Waals surface area contributed by atoms with Gasteiger partial charge in [-0.05, 0) is 36.2 Å². The summed E-state index contributed by atoms with van der Waals surface area (Å²) in [6.45, 7) is 0.894. The fourth-order valence-corrected chi connectivity index (χ4v) is 2.25. The molecule has 0 aromatic heterocycles. The normalized spacial score (nSPS) is 12.4.